The van der Waals surface area contributed by atoms with Crippen molar-refractivity contribution in [1.82, 2.24) is 9.66 Å². The van der Waals surface area contributed by atoms with Crippen LogP contribution in [0, 0.1) is 0 Å². The molecular formula is C29H27N3O5. The second-order valence-electron chi connectivity index (χ2n) is 8.54. The molecule has 8 heteroatoms. The topological polar surface area (TPSA) is 88.1 Å². The van der Waals surface area contributed by atoms with Gasteiger partial charge in [0.2, 0.25) is 5.82 Å². The summed E-state index contributed by atoms with van der Waals surface area (Å²) in [7, 11) is 3.19. The van der Waals surface area contributed by atoms with E-state index in [0.29, 0.717) is 39.5 Å². The number of furan rings is 1. The Morgan fingerprint density at radius 3 is 2.57 bits per heavy atom. The largest absolute Gasteiger partial charge is 0.496 e. The lowest BCUT2D eigenvalue weighted by Gasteiger charge is -2.15. The van der Waals surface area contributed by atoms with E-state index in [2.05, 4.69) is 12.0 Å². The van der Waals surface area contributed by atoms with Gasteiger partial charge in [-0.05, 0) is 67.4 Å². The summed E-state index contributed by atoms with van der Waals surface area (Å²) < 4.78 is 24.3. The third-order valence-electron chi connectivity index (χ3n) is 6.13. The summed E-state index contributed by atoms with van der Waals surface area (Å²) in [6, 6.07) is 20.0. The molecule has 0 aliphatic rings. The lowest BCUT2D eigenvalue weighted by atomic mass is 10.2. The zero-order chi connectivity index (χ0) is 25.9. The molecule has 0 unspecified atom stereocenters. The van der Waals surface area contributed by atoms with E-state index < -0.39 is 0 Å². The van der Waals surface area contributed by atoms with Crippen LogP contribution in [0.15, 0.2) is 81.0 Å². The van der Waals surface area contributed by atoms with E-state index in [1.165, 1.54) is 4.68 Å². The molecule has 0 amide bonds. The Hall–Kier alpha value is -4.59. The number of nitrogens with zero attached hydrogens (tertiary/aromatic N) is 3. The van der Waals surface area contributed by atoms with Gasteiger partial charge in [0.25, 0.3) is 5.56 Å². The van der Waals surface area contributed by atoms with Crippen LogP contribution < -0.4 is 19.8 Å². The van der Waals surface area contributed by atoms with E-state index in [1.54, 1.807) is 44.7 Å². The molecule has 3 aromatic carbocycles. The van der Waals surface area contributed by atoms with E-state index in [4.69, 9.17) is 23.6 Å². The summed E-state index contributed by atoms with van der Waals surface area (Å²) in [5.74, 6) is 2.57. The van der Waals surface area contributed by atoms with Gasteiger partial charge in [-0.3, -0.25) is 4.79 Å². The van der Waals surface area contributed by atoms with Gasteiger partial charge in [0, 0.05) is 0 Å². The van der Waals surface area contributed by atoms with Crippen molar-refractivity contribution < 1.29 is 18.6 Å². The Bertz CT molecular complexity index is 1670. The van der Waals surface area contributed by atoms with Crippen molar-refractivity contribution >= 4 is 28.1 Å². The molecule has 5 aromatic rings. The predicted molar refractivity (Wildman–Crippen MR) is 144 cm³/mol. The molecule has 37 heavy (non-hydrogen) atoms. The minimum Gasteiger partial charge on any atom is -0.496 e. The standard InChI is InChI=1S/C29H27N3O5/c1-5-18(2)36-25-14-13-19(15-26(25)35-4)17-30-32-28(31-22-10-7-6-9-20(22)29(32)33)27-16-21-23(34-3)11-8-12-24(21)37-27/h6-18H,5H2,1-4H3/t18-/m1/s1. The fourth-order valence-electron chi connectivity index (χ4n) is 4.00. The van der Waals surface area contributed by atoms with Crippen molar-refractivity contribution in [2.75, 3.05) is 14.2 Å². The Labute approximate surface area is 213 Å². The highest BCUT2D eigenvalue weighted by atomic mass is 16.5. The summed E-state index contributed by atoms with van der Waals surface area (Å²) in [4.78, 5) is 18.2. The van der Waals surface area contributed by atoms with Crippen LogP contribution in [0.1, 0.15) is 25.8 Å². The third-order valence-corrected chi connectivity index (χ3v) is 6.13. The molecule has 0 spiro atoms. The lowest BCUT2D eigenvalue weighted by Crippen LogP contribution is -2.20. The van der Waals surface area contributed by atoms with Crippen LogP contribution in [-0.2, 0) is 0 Å². The van der Waals surface area contributed by atoms with E-state index in [0.717, 1.165) is 17.4 Å². The number of hydrogen-bond donors (Lipinski definition) is 0. The number of fused-ring (bicyclic) bond motifs is 2. The van der Waals surface area contributed by atoms with Gasteiger partial charge in [0.15, 0.2) is 17.3 Å². The fourth-order valence-corrected chi connectivity index (χ4v) is 4.00. The first-order chi connectivity index (χ1) is 18.0. The number of para-hydroxylation sites is 1. The Morgan fingerprint density at radius 2 is 1.78 bits per heavy atom. The zero-order valence-electron chi connectivity index (χ0n) is 21.1. The number of aromatic nitrogens is 2. The molecule has 2 aromatic heterocycles. The van der Waals surface area contributed by atoms with Crippen LogP contribution in [-0.4, -0.2) is 36.2 Å². The minimum absolute atomic E-state index is 0.0562. The second kappa shape index (κ2) is 10.2. The van der Waals surface area contributed by atoms with Gasteiger partial charge < -0.3 is 18.6 Å². The molecule has 8 nitrogen and oxygen atoms in total. The van der Waals surface area contributed by atoms with Gasteiger partial charge in [0.1, 0.15) is 11.3 Å². The first-order valence-corrected chi connectivity index (χ1v) is 12.0. The fraction of sp³-hybridized carbons (Fsp3) is 0.207. The number of methoxy groups -OCH3 is 2. The molecule has 0 fully saturated rings. The van der Waals surface area contributed by atoms with Crippen LogP contribution in [0.4, 0.5) is 0 Å². The molecule has 0 aliphatic heterocycles. The smallest absolute Gasteiger partial charge is 0.282 e. The van der Waals surface area contributed by atoms with Gasteiger partial charge in [-0.2, -0.15) is 9.78 Å². The van der Waals surface area contributed by atoms with Crippen LogP contribution in [0.5, 0.6) is 17.2 Å². The average Bonchev–Trinajstić information content (AvgIpc) is 3.37. The summed E-state index contributed by atoms with van der Waals surface area (Å²) in [5.41, 5.74) is 1.59. The molecule has 0 saturated carbocycles. The van der Waals surface area contributed by atoms with Crippen molar-refractivity contribution in [2.24, 2.45) is 5.10 Å². The molecule has 0 N–H and O–H groups in total. The van der Waals surface area contributed by atoms with Gasteiger partial charge in [-0.15, -0.1) is 0 Å². The Morgan fingerprint density at radius 1 is 0.973 bits per heavy atom. The molecule has 1 atom stereocenters. The molecule has 0 aliphatic carbocycles. The van der Waals surface area contributed by atoms with Crippen LogP contribution in [0.3, 0.4) is 0 Å². The van der Waals surface area contributed by atoms with Gasteiger partial charge in [-0.1, -0.05) is 25.1 Å². The SMILES string of the molecule is CC[C@@H](C)Oc1ccc(C=Nn2c(-c3cc4c(OC)cccc4o3)nc3ccccc3c2=O)cc1OC. The number of rotatable bonds is 8. The number of benzene rings is 3. The predicted octanol–water partition coefficient (Wildman–Crippen LogP) is 5.89. The van der Waals surface area contributed by atoms with Crippen LogP contribution in [0.25, 0.3) is 33.5 Å². The normalized spacial score (nSPS) is 12.3. The number of ether oxygens (including phenoxy) is 3. The lowest BCUT2D eigenvalue weighted by molar-refractivity contribution is 0.207. The van der Waals surface area contributed by atoms with Crippen LogP contribution >= 0.6 is 0 Å². The van der Waals surface area contributed by atoms with Crippen LogP contribution in [0.2, 0.25) is 0 Å². The van der Waals surface area contributed by atoms with Crippen molar-refractivity contribution in [3.8, 4) is 28.8 Å². The van der Waals surface area contributed by atoms with Gasteiger partial charge >= 0.3 is 0 Å². The minimum atomic E-state index is -0.312. The molecule has 2 heterocycles. The number of hydrogen-bond acceptors (Lipinski definition) is 7. The highest BCUT2D eigenvalue weighted by Crippen LogP contribution is 2.33. The quantitative estimate of drug-likeness (QED) is 0.249. The third kappa shape index (κ3) is 4.65. The first kappa shape index (κ1) is 24.1. The maximum absolute atomic E-state index is 13.5. The van der Waals surface area contributed by atoms with E-state index in [9.17, 15) is 4.79 Å². The molecule has 5 rings (SSSR count). The van der Waals surface area contributed by atoms with Gasteiger partial charge in [0.05, 0.1) is 42.8 Å². The molecule has 0 saturated heterocycles. The first-order valence-electron chi connectivity index (χ1n) is 12.0. The highest BCUT2D eigenvalue weighted by molar-refractivity contribution is 5.88. The summed E-state index contributed by atoms with van der Waals surface area (Å²) in [5, 5.41) is 5.75. The Kier molecular flexibility index (Phi) is 6.64. The van der Waals surface area contributed by atoms with E-state index in [1.807, 2.05) is 49.4 Å². The highest BCUT2D eigenvalue weighted by Gasteiger charge is 2.18. The summed E-state index contributed by atoms with van der Waals surface area (Å²) in [6.07, 6.45) is 2.52. The average molecular weight is 498 g/mol. The maximum atomic E-state index is 13.5. The van der Waals surface area contributed by atoms with Crippen molar-refractivity contribution in [2.45, 2.75) is 26.4 Å². The monoisotopic (exact) mass is 497 g/mol. The second-order valence-corrected chi connectivity index (χ2v) is 8.54. The Balaban J connectivity index is 1.63. The van der Waals surface area contributed by atoms with E-state index >= 15 is 0 Å². The molecular weight excluding hydrogens is 470 g/mol. The van der Waals surface area contributed by atoms with Crippen molar-refractivity contribution in [3.63, 3.8) is 0 Å². The molecule has 0 bridgehead atoms. The van der Waals surface area contributed by atoms with Crippen molar-refractivity contribution in [1.29, 1.82) is 0 Å². The van der Waals surface area contributed by atoms with Crippen molar-refractivity contribution in [3.05, 3.63) is 82.6 Å². The van der Waals surface area contributed by atoms with E-state index in [-0.39, 0.29) is 17.5 Å². The molecule has 188 valence electrons. The summed E-state index contributed by atoms with van der Waals surface area (Å²) >= 11 is 0. The maximum Gasteiger partial charge on any atom is 0.282 e. The zero-order valence-corrected chi connectivity index (χ0v) is 21.1. The molecule has 0 radical (unpaired) electrons. The van der Waals surface area contributed by atoms with Gasteiger partial charge in [-0.25, -0.2) is 4.98 Å². The summed E-state index contributed by atoms with van der Waals surface area (Å²) in [6.45, 7) is 4.06.